The second-order valence-electron chi connectivity index (χ2n) is 5.97. The van der Waals surface area contributed by atoms with Crippen LogP contribution in [-0.2, 0) is 4.79 Å². The van der Waals surface area contributed by atoms with Crippen molar-refractivity contribution in [1.82, 2.24) is 10.2 Å². The fraction of sp³-hybridized carbons (Fsp3) is 0.933. The second-order valence-corrected chi connectivity index (χ2v) is 5.97. The fourth-order valence-electron chi connectivity index (χ4n) is 2.62. The minimum Gasteiger partial charge on any atom is -0.480 e. The van der Waals surface area contributed by atoms with Crippen molar-refractivity contribution in [3.63, 3.8) is 0 Å². The van der Waals surface area contributed by atoms with Crippen LogP contribution >= 0.6 is 0 Å². The first kappa shape index (κ1) is 18.4. The molecule has 0 fully saturated rings. The van der Waals surface area contributed by atoms with Crippen LogP contribution < -0.4 is 5.32 Å². The first-order valence-corrected chi connectivity index (χ1v) is 7.52. The Kier molecular flexibility index (Phi) is 8.26. The van der Waals surface area contributed by atoms with E-state index >= 15 is 0 Å². The number of carboxylic acid groups (broad SMARTS) is 1. The summed E-state index contributed by atoms with van der Waals surface area (Å²) in [5, 5.41) is 12.7. The quantitative estimate of drug-likeness (QED) is 0.642. The lowest BCUT2D eigenvalue weighted by Crippen LogP contribution is -2.55. The Morgan fingerprint density at radius 2 is 1.89 bits per heavy atom. The third-order valence-corrected chi connectivity index (χ3v) is 3.61. The van der Waals surface area contributed by atoms with Gasteiger partial charge >= 0.3 is 5.97 Å². The van der Waals surface area contributed by atoms with Crippen molar-refractivity contribution in [2.75, 3.05) is 13.1 Å². The predicted octanol–water partition coefficient (Wildman–Crippen LogP) is 2.73. The molecule has 0 aliphatic carbocycles. The van der Waals surface area contributed by atoms with Crippen LogP contribution in [0.5, 0.6) is 0 Å². The Balaban J connectivity index is 4.68. The first-order valence-electron chi connectivity index (χ1n) is 7.52. The summed E-state index contributed by atoms with van der Waals surface area (Å²) in [6.07, 6.45) is 2.96. The number of nitrogens with zero attached hydrogens (tertiary/aromatic N) is 1. The van der Waals surface area contributed by atoms with E-state index in [1.165, 1.54) is 12.8 Å². The van der Waals surface area contributed by atoms with Gasteiger partial charge in [-0.05, 0) is 53.6 Å². The molecule has 19 heavy (non-hydrogen) atoms. The van der Waals surface area contributed by atoms with Crippen LogP contribution in [0.4, 0.5) is 0 Å². The number of unbranched alkanes of at least 4 members (excludes halogenated alkanes) is 1. The van der Waals surface area contributed by atoms with Gasteiger partial charge in [-0.1, -0.05) is 20.3 Å². The van der Waals surface area contributed by atoms with Crippen LogP contribution in [0.25, 0.3) is 0 Å². The van der Waals surface area contributed by atoms with Crippen LogP contribution in [0.1, 0.15) is 60.8 Å². The standard InChI is InChI=1S/C15H32N2O2/c1-7-9-10-17(8-2)13(5)11-15(6,14(18)19)16-12(3)4/h12-13,16H,7-11H2,1-6H3,(H,18,19). The lowest BCUT2D eigenvalue weighted by molar-refractivity contribution is -0.145. The van der Waals surface area contributed by atoms with E-state index < -0.39 is 11.5 Å². The van der Waals surface area contributed by atoms with Gasteiger partial charge in [0.2, 0.25) is 0 Å². The van der Waals surface area contributed by atoms with Gasteiger partial charge in [0.15, 0.2) is 0 Å². The lowest BCUT2D eigenvalue weighted by atomic mass is 9.92. The average Bonchev–Trinajstić information content (AvgIpc) is 2.28. The molecule has 4 heteroatoms. The van der Waals surface area contributed by atoms with E-state index in [1.807, 2.05) is 13.8 Å². The smallest absolute Gasteiger partial charge is 0.323 e. The van der Waals surface area contributed by atoms with Gasteiger partial charge in [-0.15, -0.1) is 0 Å². The van der Waals surface area contributed by atoms with Crippen molar-refractivity contribution in [3.8, 4) is 0 Å². The lowest BCUT2D eigenvalue weighted by Gasteiger charge is -2.36. The molecule has 0 heterocycles. The maximum atomic E-state index is 11.5. The highest BCUT2D eigenvalue weighted by atomic mass is 16.4. The van der Waals surface area contributed by atoms with E-state index in [1.54, 1.807) is 6.92 Å². The van der Waals surface area contributed by atoms with Gasteiger partial charge in [-0.25, -0.2) is 0 Å². The minimum absolute atomic E-state index is 0.166. The van der Waals surface area contributed by atoms with E-state index in [-0.39, 0.29) is 12.1 Å². The summed E-state index contributed by atoms with van der Waals surface area (Å²) in [5.74, 6) is -0.764. The Labute approximate surface area is 118 Å². The third-order valence-electron chi connectivity index (χ3n) is 3.61. The Hall–Kier alpha value is -0.610. The largest absolute Gasteiger partial charge is 0.480 e. The highest BCUT2D eigenvalue weighted by Gasteiger charge is 2.36. The van der Waals surface area contributed by atoms with Crippen LogP contribution in [0.15, 0.2) is 0 Å². The van der Waals surface area contributed by atoms with Crippen molar-refractivity contribution in [2.24, 2.45) is 0 Å². The molecule has 2 atom stereocenters. The molecule has 0 saturated carbocycles. The third kappa shape index (κ3) is 6.39. The molecule has 0 bridgehead atoms. The molecule has 0 aromatic rings. The maximum Gasteiger partial charge on any atom is 0.323 e. The maximum absolute atomic E-state index is 11.5. The number of nitrogens with one attached hydrogen (secondary N) is 1. The summed E-state index contributed by atoms with van der Waals surface area (Å²) in [6, 6.07) is 0.433. The van der Waals surface area contributed by atoms with Gasteiger partial charge in [0.25, 0.3) is 0 Å². The number of carbonyl (C=O) groups is 1. The molecule has 0 aromatic heterocycles. The van der Waals surface area contributed by atoms with Gasteiger partial charge < -0.3 is 10.0 Å². The summed E-state index contributed by atoms with van der Waals surface area (Å²) in [7, 11) is 0. The van der Waals surface area contributed by atoms with Gasteiger partial charge in [0.05, 0.1) is 0 Å². The molecule has 0 spiro atoms. The number of rotatable bonds is 10. The zero-order chi connectivity index (χ0) is 15.1. The summed E-state index contributed by atoms with van der Waals surface area (Å²) < 4.78 is 0. The van der Waals surface area contributed by atoms with Gasteiger partial charge in [-0.2, -0.15) is 0 Å². The highest BCUT2D eigenvalue weighted by molar-refractivity contribution is 5.78. The number of hydrogen-bond acceptors (Lipinski definition) is 3. The van der Waals surface area contributed by atoms with Gasteiger partial charge in [0.1, 0.15) is 5.54 Å². The molecule has 2 unspecified atom stereocenters. The van der Waals surface area contributed by atoms with Crippen molar-refractivity contribution < 1.29 is 9.90 Å². The summed E-state index contributed by atoms with van der Waals surface area (Å²) in [5.41, 5.74) is -0.854. The van der Waals surface area contributed by atoms with Crippen LogP contribution in [0, 0.1) is 0 Å². The van der Waals surface area contributed by atoms with Crippen LogP contribution in [-0.4, -0.2) is 46.7 Å². The number of aliphatic carboxylic acids is 1. The van der Waals surface area contributed by atoms with Crippen LogP contribution in [0.3, 0.4) is 0 Å². The van der Waals surface area contributed by atoms with Crippen molar-refractivity contribution in [2.45, 2.75) is 78.4 Å². The molecular formula is C15H32N2O2. The average molecular weight is 272 g/mol. The molecule has 0 radical (unpaired) electrons. The SMILES string of the molecule is CCCCN(CC)C(C)CC(C)(NC(C)C)C(=O)O. The molecule has 0 aliphatic rings. The second kappa shape index (κ2) is 8.54. The first-order chi connectivity index (χ1) is 8.76. The van der Waals surface area contributed by atoms with Gasteiger partial charge in [0, 0.05) is 12.1 Å². The van der Waals surface area contributed by atoms with Crippen molar-refractivity contribution >= 4 is 5.97 Å². The molecular weight excluding hydrogens is 240 g/mol. The van der Waals surface area contributed by atoms with E-state index in [0.717, 1.165) is 13.1 Å². The number of carboxylic acids is 1. The number of hydrogen-bond donors (Lipinski definition) is 2. The normalized spacial score (nSPS) is 16.6. The highest BCUT2D eigenvalue weighted by Crippen LogP contribution is 2.18. The molecule has 0 aromatic carbocycles. The Bertz CT molecular complexity index is 269. The molecule has 0 amide bonds. The fourth-order valence-corrected chi connectivity index (χ4v) is 2.62. The Morgan fingerprint density at radius 3 is 2.26 bits per heavy atom. The van der Waals surface area contributed by atoms with Crippen LogP contribution in [0.2, 0.25) is 0 Å². The monoisotopic (exact) mass is 272 g/mol. The summed E-state index contributed by atoms with van der Waals surface area (Å²) in [6.45, 7) is 14.2. The topological polar surface area (TPSA) is 52.6 Å². The molecule has 2 N–H and O–H groups in total. The zero-order valence-electron chi connectivity index (χ0n) is 13.5. The summed E-state index contributed by atoms with van der Waals surface area (Å²) in [4.78, 5) is 13.9. The van der Waals surface area contributed by atoms with Gasteiger partial charge in [-0.3, -0.25) is 10.1 Å². The summed E-state index contributed by atoms with van der Waals surface area (Å²) >= 11 is 0. The van der Waals surface area contributed by atoms with E-state index in [2.05, 4.69) is 31.0 Å². The molecule has 0 saturated heterocycles. The zero-order valence-corrected chi connectivity index (χ0v) is 13.5. The van der Waals surface area contributed by atoms with E-state index in [0.29, 0.717) is 6.42 Å². The molecule has 0 rings (SSSR count). The molecule has 114 valence electrons. The Morgan fingerprint density at radius 1 is 1.32 bits per heavy atom. The minimum atomic E-state index is -0.854. The van der Waals surface area contributed by atoms with E-state index in [4.69, 9.17) is 0 Å². The molecule has 4 nitrogen and oxygen atoms in total. The van der Waals surface area contributed by atoms with E-state index in [9.17, 15) is 9.90 Å². The van der Waals surface area contributed by atoms with Crippen molar-refractivity contribution in [3.05, 3.63) is 0 Å². The molecule has 0 aliphatic heterocycles. The predicted molar refractivity (Wildman–Crippen MR) is 80.5 cm³/mol. The van der Waals surface area contributed by atoms with Crippen molar-refractivity contribution in [1.29, 1.82) is 0 Å².